The van der Waals surface area contributed by atoms with Gasteiger partial charge in [0, 0.05) is 59.9 Å². The Morgan fingerprint density at radius 3 is 1.24 bits per heavy atom. The fourth-order valence-corrected chi connectivity index (χ4v) is 8.37. The number of halogens is 2. The number of amides is 4. The molecule has 13 heteroatoms. The predicted octanol–water partition coefficient (Wildman–Crippen LogP) is 12.3. The Bertz CT molecular complexity index is 1950. The normalized spacial score (nSPS) is 11.0. The summed E-state index contributed by atoms with van der Waals surface area (Å²) >= 11 is 12.5. The molecule has 0 heterocycles. The van der Waals surface area contributed by atoms with Crippen LogP contribution in [0.2, 0.25) is 10.0 Å². The number of hydrogen-bond acceptors (Lipinski definition) is 7. The summed E-state index contributed by atoms with van der Waals surface area (Å²) in [5.41, 5.74) is 2.67. The second kappa shape index (κ2) is 32.9. The number of carbonyl (C=O) groups is 6. The molecule has 0 radical (unpaired) electrons. The van der Waals surface area contributed by atoms with Crippen LogP contribution in [0.4, 0.5) is 0 Å². The van der Waals surface area contributed by atoms with Crippen molar-refractivity contribution in [3.63, 3.8) is 0 Å². The molecule has 0 saturated heterocycles. The molecular formula is C54H76Cl2N4O7. The van der Waals surface area contributed by atoms with E-state index in [4.69, 9.17) is 27.9 Å². The van der Waals surface area contributed by atoms with Gasteiger partial charge in [0.1, 0.15) is 0 Å². The summed E-state index contributed by atoms with van der Waals surface area (Å²) in [7, 11) is 0. The molecule has 0 aliphatic heterocycles. The van der Waals surface area contributed by atoms with Crippen molar-refractivity contribution in [2.45, 2.75) is 182 Å². The topological polar surface area (TPSA) is 142 Å². The van der Waals surface area contributed by atoms with Gasteiger partial charge in [0.05, 0.1) is 0 Å². The summed E-state index contributed by atoms with van der Waals surface area (Å²) in [6.45, 7) is 8.78. The Hall–Kier alpha value is -4.74. The van der Waals surface area contributed by atoms with Gasteiger partial charge in [-0.15, -0.1) is 0 Å². The van der Waals surface area contributed by atoms with Gasteiger partial charge in [-0.2, -0.15) is 0 Å². The molecule has 11 nitrogen and oxygen atoms in total. The number of nitrogens with zero attached hydrogens (tertiary/aromatic N) is 2. The van der Waals surface area contributed by atoms with Crippen LogP contribution in [0.15, 0.2) is 66.7 Å². The van der Waals surface area contributed by atoms with Gasteiger partial charge >= 0.3 is 23.8 Å². The molecule has 0 aliphatic carbocycles. The molecule has 67 heavy (non-hydrogen) atoms. The van der Waals surface area contributed by atoms with Crippen molar-refractivity contribution in [2.24, 2.45) is 0 Å². The highest BCUT2D eigenvalue weighted by atomic mass is 35.5. The van der Waals surface area contributed by atoms with E-state index in [9.17, 15) is 28.8 Å². The zero-order valence-corrected chi connectivity index (χ0v) is 42.1. The smallest absolute Gasteiger partial charge is 0.378 e. The van der Waals surface area contributed by atoms with Gasteiger partial charge in [0.2, 0.25) is 0 Å². The third-order valence-electron chi connectivity index (χ3n) is 11.8. The fraction of sp³-hybridized carbons (Fsp3) is 0.556. The first-order valence-electron chi connectivity index (χ1n) is 24.9. The quantitative estimate of drug-likeness (QED) is 0.0283. The van der Waals surface area contributed by atoms with E-state index in [0.717, 1.165) is 43.4 Å². The second-order valence-electron chi connectivity index (χ2n) is 17.9. The number of unbranched alkanes of at least 4 members (excludes halogenated alkanes) is 18. The molecule has 3 aromatic rings. The maximum atomic E-state index is 13.7. The molecule has 0 aromatic heterocycles. The average molecular weight is 964 g/mol. The van der Waals surface area contributed by atoms with Gasteiger partial charge < -0.3 is 25.2 Å². The molecule has 0 atom stereocenters. The first-order chi connectivity index (χ1) is 32.3. The first kappa shape index (κ1) is 56.6. The number of rotatable bonds is 31. The third kappa shape index (κ3) is 22.7. The molecule has 0 bridgehead atoms. The lowest BCUT2D eigenvalue weighted by Gasteiger charge is -2.26. The van der Waals surface area contributed by atoms with E-state index >= 15 is 0 Å². The van der Waals surface area contributed by atoms with Crippen LogP contribution < -0.4 is 10.6 Å². The summed E-state index contributed by atoms with van der Waals surface area (Å²) < 4.78 is 4.91. The number of esters is 2. The van der Waals surface area contributed by atoms with Crippen molar-refractivity contribution in [1.82, 2.24) is 20.4 Å². The van der Waals surface area contributed by atoms with E-state index in [1.165, 1.54) is 101 Å². The summed E-state index contributed by atoms with van der Waals surface area (Å²) in [5, 5.41) is 6.58. The Labute approximate surface area is 410 Å². The Morgan fingerprint density at radius 2 is 0.836 bits per heavy atom. The number of hydrogen-bond donors (Lipinski definition) is 2. The minimum absolute atomic E-state index is 0.0107. The fourth-order valence-electron chi connectivity index (χ4n) is 7.80. The minimum Gasteiger partial charge on any atom is -0.378 e. The van der Waals surface area contributed by atoms with Gasteiger partial charge in [-0.1, -0.05) is 177 Å². The maximum absolute atomic E-state index is 13.7. The molecule has 0 saturated carbocycles. The molecule has 368 valence electrons. The molecule has 2 N–H and O–H groups in total. The SMILES string of the molecule is CCCCCCCCCCCCNC(=O)c1ccc(CN(Cc2cc(Cl)cc(Cl)c2)C(=O)C(=O)OC(=O)C(=O)N(Cc2ccc(C(=O)NCCCCCCCCCCCC)cc2)C(C)C)cc1. The van der Waals surface area contributed by atoms with Crippen LogP contribution in [-0.4, -0.2) is 64.5 Å². The van der Waals surface area contributed by atoms with Gasteiger partial charge in [0.15, 0.2) is 0 Å². The summed E-state index contributed by atoms with van der Waals surface area (Å²) in [6, 6.07) is 17.6. The van der Waals surface area contributed by atoms with Crippen molar-refractivity contribution in [3.05, 3.63) is 105 Å². The molecule has 0 unspecified atom stereocenters. The number of nitrogens with one attached hydrogen (secondary N) is 2. The highest BCUT2D eigenvalue weighted by Gasteiger charge is 2.32. The predicted molar refractivity (Wildman–Crippen MR) is 269 cm³/mol. The molecule has 3 rings (SSSR count). The van der Waals surface area contributed by atoms with Gasteiger partial charge in [-0.25, -0.2) is 9.59 Å². The van der Waals surface area contributed by atoms with Gasteiger partial charge in [0.25, 0.3) is 11.8 Å². The van der Waals surface area contributed by atoms with Crippen molar-refractivity contribution < 1.29 is 33.5 Å². The van der Waals surface area contributed by atoms with Crippen molar-refractivity contribution in [3.8, 4) is 0 Å². The van der Waals surface area contributed by atoms with E-state index in [1.807, 2.05) is 0 Å². The highest BCUT2D eigenvalue weighted by Crippen LogP contribution is 2.22. The first-order valence-corrected chi connectivity index (χ1v) is 25.6. The largest absolute Gasteiger partial charge is 0.405 e. The number of ether oxygens (including phenoxy) is 1. The number of benzene rings is 3. The van der Waals surface area contributed by atoms with E-state index in [0.29, 0.717) is 51.0 Å². The lowest BCUT2D eigenvalue weighted by atomic mass is 10.1. The Balaban J connectivity index is 1.54. The molecule has 0 spiro atoms. The van der Waals surface area contributed by atoms with Crippen LogP contribution in [0, 0.1) is 0 Å². The van der Waals surface area contributed by atoms with E-state index < -0.39 is 29.8 Å². The molecule has 0 aliphatic rings. The zero-order chi connectivity index (χ0) is 48.8. The Kier molecular flexibility index (Phi) is 27.8. The van der Waals surface area contributed by atoms with Gasteiger partial charge in [-0.3, -0.25) is 19.2 Å². The molecular weight excluding hydrogens is 888 g/mol. The van der Waals surface area contributed by atoms with Gasteiger partial charge in [-0.05, 0) is 85.8 Å². The lowest BCUT2D eigenvalue weighted by Crippen LogP contribution is -2.44. The van der Waals surface area contributed by atoms with Crippen molar-refractivity contribution >= 4 is 58.8 Å². The summed E-state index contributed by atoms with van der Waals surface area (Å²) in [5.74, 6) is -5.72. The average Bonchev–Trinajstić information content (AvgIpc) is 3.30. The molecule has 3 aromatic carbocycles. The van der Waals surface area contributed by atoms with Crippen LogP contribution in [0.1, 0.15) is 194 Å². The monoisotopic (exact) mass is 963 g/mol. The minimum atomic E-state index is -1.54. The Morgan fingerprint density at radius 1 is 0.478 bits per heavy atom. The van der Waals surface area contributed by atoms with Crippen molar-refractivity contribution in [2.75, 3.05) is 13.1 Å². The van der Waals surface area contributed by atoms with Crippen LogP contribution in [0.3, 0.4) is 0 Å². The maximum Gasteiger partial charge on any atom is 0.405 e. The van der Waals surface area contributed by atoms with Crippen LogP contribution in [0.25, 0.3) is 0 Å². The van der Waals surface area contributed by atoms with E-state index in [1.54, 1.807) is 74.5 Å². The second-order valence-corrected chi connectivity index (χ2v) is 18.8. The van der Waals surface area contributed by atoms with E-state index in [-0.39, 0.29) is 31.4 Å². The van der Waals surface area contributed by atoms with Crippen LogP contribution >= 0.6 is 23.2 Å². The highest BCUT2D eigenvalue weighted by molar-refractivity contribution is 6.41. The summed E-state index contributed by atoms with van der Waals surface area (Å²) in [4.78, 5) is 81.7. The third-order valence-corrected chi connectivity index (χ3v) is 12.2. The molecule has 0 fully saturated rings. The van der Waals surface area contributed by atoms with Crippen molar-refractivity contribution in [1.29, 1.82) is 0 Å². The zero-order valence-electron chi connectivity index (χ0n) is 40.6. The van der Waals surface area contributed by atoms with E-state index in [2.05, 4.69) is 24.5 Å². The number of carbonyl (C=O) groups excluding carboxylic acids is 6. The molecule has 4 amide bonds. The lowest BCUT2D eigenvalue weighted by molar-refractivity contribution is -0.173. The van der Waals surface area contributed by atoms with Crippen LogP contribution in [0.5, 0.6) is 0 Å². The van der Waals surface area contributed by atoms with Crippen LogP contribution in [-0.2, 0) is 43.5 Å². The standard InChI is InChI=1S/C54H76Cl2N4O7/c1-5-7-9-11-13-15-17-19-21-23-33-57-49(61)45-29-25-42(26-30-45)38-59(39-44-35-47(55)37-48(56)36-44)51(63)53(65)67-54(66)52(64)60(41(3)4)40-43-27-31-46(32-28-43)50(62)58-34-24-22-20-18-16-14-12-10-8-6-2/h25-32,35-37,41H,5-24,33-34,38-40H2,1-4H3,(H,57,61)(H,58,62). The summed E-state index contributed by atoms with van der Waals surface area (Å²) in [6.07, 6.45) is 24.2.